The lowest BCUT2D eigenvalue weighted by Crippen LogP contribution is -2.44. The van der Waals surface area contributed by atoms with Crippen LogP contribution in [0.25, 0.3) is 10.9 Å². The summed E-state index contributed by atoms with van der Waals surface area (Å²) in [7, 11) is 0. The van der Waals surface area contributed by atoms with Crippen molar-refractivity contribution < 1.29 is 22.7 Å². The van der Waals surface area contributed by atoms with Gasteiger partial charge in [0, 0.05) is 25.9 Å². The predicted molar refractivity (Wildman–Crippen MR) is 67.8 cm³/mol. The monoisotopic (exact) mass is 299 g/mol. The molecule has 3 rings (SSSR count). The lowest BCUT2D eigenvalue weighted by Gasteiger charge is -2.30. The predicted octanol–water partition coefficient (Wildman–Crippen LogP) is 2.93. The van der Waals surface area contributed by atoms with Gasteiger partial charge in [-0.2, -0.15) is 0 Å². The zero-order chi connectivity index (χ0) is 15.0. The molecular formula is C13H12F3N3O2. The third-order valence-corrected chi connectivity index (χ3v) is 3.43. The zero-order valence-corrected chi connectivity index (χ0v) is 10.9. The van der Waals surface area contributed by atoms with Crippen molar-refractivity contribution in [3.05, 3.63) is 24.0 Å². The smallest absolute Gasteiger partial charge is 0.389 e. The number of halogens is 3. The van der Waals surface area contributed by atoms with E-state index in [2.05, 4.69) is 10.2 Å². The number of amides is 1. The van der Waals surface area contributed by atoms with Gasteiger partial charge in [0.2, 0.25) is 0 Å². The molecule has 21 heavy (non-hydrogen) atoms. The molecule has 0 bridgehead atoms. The van der Waals surface area contributed by atoms with Gasteiger partial charge in [-0.25, -0.2) is 18.0 Å². The van der Waals surface area contributed by atoms with E-state index in [0.717, 1.165) is 0 Å². The average Bonchev–Trinajstić information content (AvgIpc) is 2.80. The number of carbonyl (C=O) groups is 1. The maximum Gasteiger partial charge on any atom is 0.416 e. The first-order chi connectivity index (χ1) is 9.94. The van der Waals surface area contributed by atoms with Gasteiger partial charge in [-0.15, -0.1) is 5.10 Å². The highest BCUT2D eigenvalue weighted by atomic mass is 19.3. The summed E-state index contributed by atoms with van der Waals surface area (Å²) in [4.78, 5) is 13.1. The van der Waals surface area contributed by atoms with Gasteiger partial charge < -0.3 is 9.64 Å². The third kappa shape index (κ3) is 2.79. The van der Waals surface area contributed by atoms with Gasteiger partial charge >= 0.3 is 6.09 Å². The number of nitrogens with one attached hydrogen (secondary N) is 1. The van der Waals surface area contributed by atoms with Crippen LogP contribution in [-0.4, -0.2) is 40.2 Å². The number of fused-ring (bicyclic) bond motifs is 1. The van der Waals surface area contributed by atoms with Crippen LogP contribution in [-0.2, 0) is 0 Å². The van der Waals surface area contributed by atoms with Gasteiger partial charge in [-0.1, -0.05) is 0 Å². The van der Waals surface area contributed by atoms with Gasteiger partial charge in [0.1, 0.15) is 5.82 Å². The van der Waals surface area contributed by atoms with Gasteiger partial charge in [0.05, 0.1) is 10.9 Å². The maximum atomic E-state index is 13.0. The third-order valence-electron chi connectivity index (χ3n) is 3.43. The summed E-state index contributed by atoms with van der Waals surface area (Å²) < 4.78 is 44.2. The molecule has 1 fully saturated rings. The minimum Gasteiger partial charge on any atom is -0.389 e. The number of H-pyrrole nitrogens is 1. The number of hydrogen-bond acceptors (Lipinski definition) is 3. The summed E-state index contributed by atoms with van der Waals surface area (Å²) in [5.41, 5.74) is 0.392. The van der Waals surface area contributed by atoms with Crippen molar-refractivity contribution in [2.24, 2.45) is 0 Å². The number of benzene rings is 1. The van der Waals surface area contributed by atoms with Crippen molar-refractivity contribution in [2.75, 3.05) is 13.1 Å². The number of likely N-dealkylation sites (tertiary alicyclic amines) is 1. The molecular weight excluding hydrogens is 287 g/mol. The number of aromatic nitrogens is 2. The second-order valence-corrected chi connectivity index (χ2v) is 4.93. The Balaban J connectivity index is 1.72. The summed E-state index contributed by atoms with van der Waals surface area (Å²) in [5, 5.41) is 6.79. The lowest BCUT2D eigenvalue weighted by molar-refractivity contribution is -0.0497. The number of ether oxygens (including phenoxy) is 1. The first-order valence-corrected chi connectivity index (χ1v) is 6.43. The van der Waals surface area contributed by atoms with E-state index in [1.165, 1.54) is 23.1 Å². The molecule has 1 N–H and O–H groups in total. The van der Waals surface area contributed by atoms with Gasteiger partial charge in [0.25, 0.3) is 11.8 Å². The Hall–Kier alpha value is -2.25. The molecule has 0 saturated carbocycles. The Morgan fingerprint density at radius 2 is 2.05 bits per heavy atom. The molecule has 1 aromatic carbocycles. The topological polar surface area (TPSA) is 58.2 Å². The molecule has 2 heterocycles. The highest BCUT2D eigenvalue weighted by Gasteiger charge is 2.36. The fourth-order valence-corrected chi connectivity index (χ4v) is 2.21. The number of carbonyl (C=O) groups excluding carboxylic acids is 1. The molecule has 0 spiro atoms. The number of aromatic amines is 1. The SMILES string of the molecule is O=C(Oc1n[nH]c2cc(F)ccc12)N1CCC(F)(F)CC1. The molecule has 112 valence electrons. The van der Waals surface area contributed by atoms with Crippen molar-refractivity contribution in [3.63, 3.8) is 0 Å². The average molecular weight is 299 g/mol. The Morgan fingerprint density at radius 3 is 2.76 bits per heavy atom. The van der Waals surface area contributed by atoms with E-state index in [-0.39, 0.29) is 31.8 Å². The molecule has 5 nitrogen and oxygen atoms in total. The summed E-state index contributed by atoms with van der Waals surface area (Å²) in [6, 6.07) is 3.87. The molecule has 1 aliphatic rings. The van der Waals surface area contributed by atoms with Crippen LogP contribution >= 0.6 is 0 Å². The minimum atomic E-state index is -2.73. The van der Waals surface area contributed by atoms with Crippen LogP contribution in [0.2, 0.25) is 0 Å². The van der Waals surface area contributed by atoms with E-state index in [0.29, 0.717) is 10.9 Å². The number of nitrogens with zero attached hydrogens (tertiary/aromatic N) is 2. The molecule has 0 aliphatic carbocycles. The van der Waals surface area contributed by atoms with E-state index in [1.807, 2.05) is 0 Å². The Bertz CT molecular complexity index is 676. The standard InChI is InChI=1S/C13H12F3N3O2/c14-8-1-2-9-10(7-8)17-18-11(9)21-12(20)19-5-3-13(15,16)4-6-19/h1-2,7H,3-6H2,(H,17,18). The van der Waals surface area contributed by atoms with Crippen molar-refractivity contribution in [2.45, 2.75) is 18.8 Å². The van der Waals surface area contributed by atoms with Crippen LogP contribution in [0.4, 0.5) is 18.0 Å². The minimum absolute atomic E-state index is 0.00679. The van der Waals surface area contributed by atoms with Gasteiger partial charge in [-0.3, -0.25) is 5.10 Å². The van der Waals surface area contributed by atoms with Gasteiger partial charge in [0.15, 0.2) is 0 Å². The number of piperidine rings is 1. The Morgan fingerprint density at radius 1 is 1.33 bits per heavy atom. The Kier molecular flexibility index (Phi) is 3.23. The number of hydrogen-bond donors (Lipinski definition) is 1. The fraction of sp³-hybridized carbons (Fsp3) is 0.385. The van der Waals surface area contributed by atoms with E-state index in [4.69, 9.17) is 4.74 Å². The molecule has 0 radical (unpaired) electrons. The molecule has 1 aromatic heterocycles. The van der Waals surface area contributed by atoms with Crippen LogP contribution in [0.5, 0.6) is 5.88 Å². The van der Waals surface area contributed by atoms with Crippen LogP contribution in [0.3, 0.4) is 0 Å². The first-order valence-electron chi connectivity index (χ1n) is 6.43. The first kappa shape index (κ1) is 13.7. The Labute approximate surface area is 117 Å². The number of alkyl halides is 2. The van der Waals surface area contributed by atoms with Gasteiger partial charge in [-0.05, 0) is 18.2 Å². The fourth-order valence-electron chi connectivity index (χ4n) is 2.21. The van der Waals surface area contributed by atoms with Crippen LogP contribution in [0.15, 0.2) is 18.2 Å². The normalized spacial score (nSPS) is 18.0. The molecule has 1 amide bonds. The lowest BCUT2D eigenvalue weighted by atomic mass is 10.1. The van der Waals surface area contributed by atoms with Crippen molar-refractivity contribution in [3.8, 4) is 5.88 Å². The van der Waals surface area contributed by atoms with E-state index in [1.54, 1.807) is 0 Å². The largest absolute Gasteiger partial charge is 0.416 e. The second kappa shape index (κ2) is 4.94. The zero-order valence-electron chi connectivity index (χ0n) is 10.9. The quantitative estimate of drug-likeness (QED) is 0.880. The van der Waals surface area contributed by atoms with E-state index in [9.17, 15) is 18.0 Å². The molecule has 0 atom stereocenters. The summed E-state index contributed by atoms with van der Waals surface area (Å²) >= 11 is 0. The molecule has 8 heteroatoms. The molecule has 1 saturated heterocycles. The van der Waals surface area contributed by atoms with Crippen LogP contribution < -0.4 is 4.74 Å². The summed E-state index contributed by atoms with van der Waals surface area (Å²) in [5.74, 6) is -3.16. The molecule has 0 unspecified atom stereocenters. The van der Waals surface area contributed by atoms with E-state index < -0.39 is 17.8 Å². The highest BCUT2D eigenvalue weighted by molar-refractivity contribution is 5.86. The van der Waals surface area contributed by atoms with E-state index >= 15 is 0 Å². The van der Waals surface area contributed by atoms with Crippen LogP contribution in [0, 0.1) is 5.82 Å². The number of rotatable bonds is 1. The highest BCUT2D eigenvalue weighted by Crippen LogP contribution is 2.29. The van der Waals surface area contributed by atoms with Crippen molar-refractivity contribution in [1.29, 1.82) is 0 Å². The summed E-state index contributed by atoms with van der Waals surface area (Å²) in [6.07, 6.45) is -1.49. The van der Waals surface area contributed by atoms with Crippen molar-refractivity contribution in [1.82, 2.24) is 15.1 Å². The maximum absolute atomic E-state index is 13.0. The molecule has 2 aromatic rings. The summed E-state index contributed by atoms with van der Waals surface area (Å²) in [6.45, 7) is -0.133. The second-order valence-electron chi connectivity index (χ2n) is 4.93. The van der Waals surface area contributed by atoms with Crippen molar-refractivity contribution >= 4 is 17.0 Å². The van der Waals surface area contributed by atoms with Crippen LogP contribution in [0.1, 0.15) is 12.8 Å². The molecule has 1 aliphatic heterocycles.